The van der Waals surface area contributed by atoms with Gasteiger partial charge in [-0.1, -0.05) is 212 Å². The van der Waals surface area contributed by atoms with Crippen molar-refractivity contribution < 1.29 is 0 Å². The van der Waals surface area contributed by atoms with Crippen LogP contribution in [0, 0.1) is 6.92 Å². The van der Waals surface area contributed by atoms with Crippen molar-refractivity contribution in [2.45, 2.75) is 6.92 Å². The number of nitrogens with zero attached hydrogens (tertiary/aromatic N) is 5. The highest BCUT2D eigenvalue weighted by Crippen LogP contribution is 2.46. The minimum atomic E-state index is 0.665. The van der Waals surface area contributed by atoms with Crippen molar-refractivity contribution in [2.75, 3.05) is 0 Å². The molecule has 0 bridgehead atoms. The van der Waals surface area contributed by atoms with E-state index >= 15 is 0 Å². The van der Waals surface area contributed by atoms with E-state index in [0.717, 1.165) is 100 Å². The summed E-state index contributed by atoms with van der Waals surface area (Å²) in [6.07, 6.45) is 0. The topological polar surface area (TPSA) is 40.6 Å². The molecule has 0 radical (unpaired) electrons. The lowest BCUT2D eigenvalue weighted by Gasteiger charge is -2.22. The van der Waals surface area contributed by atoms with E-state index in [1.54, 1.807) is 0 Å². The number of fused-ring (bicyclic) bond motifs is 9. The Morgan fingerprint density at radius 2 is 0.634 bits per heavy atom. The molecule has 0 saturated carbocycles. The first-order valence-corrected chi connectivity index (χ1v) is 28.0. The van der Waals surface area contributed by atoms with Crippen LogP contribution in [0.2, 0.25) is 0 Å². The van der Waals surface area contributed by atoms with Crippen molar-refractivity contribution in [1.82, 2.24) is 23.7 Å². The maximum atomic E-state index is 5.53. The van der Waals surface area contributed by atoms with Crippen LogP contribution in [0.1, 0.15) is 5.56 Å². The first-order valence-electron chi connectivity index (χ1n) is 28.0. The van der Waals surface area contributed by atoms with E-state index in [-0.39, 0.29) is 0 Å². The van der Waals surface area contributed by atoms with Crippen LogP contribution in [0.25, 0.3) is 150 Å². The Hall–Kier alpha value is -10.9. The molecule has 0 aliphatic rings. The maximum Gasteiger partial charge on any atom is 0.160 e. The van der Waals surface area contributed by atoms with Gasteiger partial charge in [-0.15, -0.1) is 0 Å². The van der Waals surface area contributed by atoms with Crippen LogP contribution in [-0.4, -0.2) is 23.7 Å². The second-order valence-corrected chi connectivity index (χ2v) is 21.4. The Kier molecular flexibility index (Phi) is 11.0. The molecule has 82 heavy (non-hydrogen) atoms. The molecule has 0 unspecified atom stereocenters. The Morgan fingerprint density at radius 3 is 1.15 bits per heavy atom. The molecule has 16 rings (SSSR count). The van der Waals surface area contributed by atoms with Gasteiger partial charge in [-0.05, 0) is 114 Å². The molecule has 0 amide bonds. The van der Waals surface area contributed by atoms with Crippen LogP contribution in [0.15, 0.2) is 291 Å². The zero-order valence-corrected chi connectivity index (χ0v) is 44.9. The van der Waals surface area contributed by atoms with Crippen LogP contribution in [0.3, 0.4) is 0 Å². The molecule has 4 heterocycles. The standard InChI is InChI=1S/C77H51N5/c1-50-21-18-26-53(43-50)54-41-42-75-67(46-54)64-35-12-17-40-74(64)82(75)76-65(55-27-19-29-58(44-55)80-70-36-13-8-31-60(70)61-32-9-14-37-71(61)80)47-57(69-49-68(51-22-4-2-5-23-51)78-77(79-69)52-24-6-3-7-25-52)48-66(76)56-28-20-30-59(45-56)81-72-38-15-10-33-62(72)63-34-11-16-39-73(63)81/h2-49H,1H3. The first-order chi connectivity index (χ1) is 40.6. The number of hydrogen-bond acceptors (Lipinski definition) is 2. The Labute approximate surface area is 474 Å². The van der Waals surface area contributed by atoms with Crippen molar-refractivity contribution in [3.05, 3.63) is 297 Å². The highest BCUT2D eigenvalue weighted by molar-refractivity contribution is 6.13. The van der Waals surface area contributed by atoms with Gasteiger partial charge in [0.25, 0.3) is 0 Å². The van der Waals surface area contributed by atoms with Crippen molar-refractivity contribution >= 4 is 65.4 Å². The highest BCUT2D eigenvalue weighted by atomic mass is 15.0. The number of benzene rings is 12. The summed E-state index contributed by atoms with van der Waals surface area (Å²) in [5.41, 5.74) is 22.6. The number of para-hydroxylation sites is 5. The average Bonchev–Trinajstić information content (AvgIpc) is 3.88. The smallest absolute Gasteiger partial charge is 0.160 e. The van der Waals surface area contributed by atoms with Gasteiger partial charge in [0, 0.05) is 71.5 Å². The number of hydrogen-bond donors (Lipinski definition) is 0. The SMILES string of the molecule is Cc1cccc(-c2ccc3c(c2)c2ccccc2n3-c2c(-c3cccc(-n4c5ccccc5c5ccccc54)c3)cc(-c3cc(-c4ccccc4)nc(-c4ccccc4)n3)cc2-c2cccc(-n3c4ccccc4c4ccccc43)c2)c1. The summed E-state index contributed by atoms with van der Waals surface area (Å²) in [6, 6.07) is 106. The molecule has 12 aromatic carbocycles. The molecule has 5 heteroatoms. The molecule has 4 aromatic heterocycles. The third kappa shape index (κ3) is 7.77. The van der Waals surface area contributed by atoms with Crippen LogP contribution < -0.4 is 0 Å². The zero-order valence-electron chi connectivity index (χ0n) is 44.9. The normalized spacial score (nSPS) is 11.7. The lowest BCUT2D eigenvalue weighted by molar-refractivity contribution is 1.16. The fraction of sp³-hybridized carbons (Fsp3) is 0.0130. The molecule has 0 atom stereocenters. The minimum Gasteiger partial charge on any atom is -0.309 e. The van der Waals surface area contributed by atoms with Gasteiger partial charge >= 0.3 is 0 Å². The van der Waals surface area contributed by atoms with E-state index in [0.29, 0.717) is 5.82 Å². The van der Waals surface area contributed by atoms with Crippen LogP contribution in [0.5, 0.6) is 0 Å². The second kappa shape index (κ2) is 19.2. The summed E-state index contributed by atoms with van der Waals surface area (Å²) >= 11 is 0. The molecule has 0 saturated heterocycles. The molecule has 0 N–H and O–H groups in total. The summed E-state index contributed by atoms with van der Waals surface area (Å²) < 4.78 is 7.37. The third-order valence-corrected chi connectivity index (χ3v) is 16.5. The molecule has 0 fully saturated rings. The molecule has 5 nitrogen and oxygen atoms in total. The van der Waals surface area contributed by atoms with Crippen molar-refractivity contribution in [2.24, 2.45) is 0 Å². The Balaban J connectivity index is 1.04. The van der Waals surface area contributed by atoms with E-state index in [2.05, 4.69) is 306 Å². The predicted molar refractivity (Wildman–Crippen MR) is 342 cm³/mol. The Bertz CT molecular complexity index is 4830. The minimum absolute atomic E-state index is 0.665. The molecule has 16 aromatic rings. The molecular weight excluding hydrogens is 995 g/mol. The highest BCUT2D eigenvalue weighted by Gasteiger charge is 2.25. The first kappa shape index (κ1) is 47.1. The molecule has 0 aliphatic carbocycles. The maximum absolute atomic E-state index is 5.53. The van der Waals surface area contributed by atoms with Crippen LogP contribution in [0.4, 0.5) is 0 Å². The average molecular weight is 1050 g/mol. The van der Waals surface area contributed by atoms with Crippen molar-refractivity contribution in [3.63, 3.8) is 0 Å². The van der Waals surface area contributed by atoms with E-state index in [1.165, 1.54) is 49.0 Å². The number of aromatic nitrogens is 5. The summed E-state index contributed by atoms with van der Waals surface area (Å²) in [6.45, 7) is 2.17. The van der Waals surface area contributed by atoms with Crippen molar-refractivity contribution in [1.29, 1.82) is 0 Å². The third-order valence-electron chi connectivity index (χ3n) is 16.5. The summed E-state index contributed by atoms with van der Waals surface area (Å²) in [4.78, 5) is 10.8. The van der Waals surface area contributed by atoms with Gasteiger partial charge in [-0.3, -0.25) is 0 Å². The molecule has 0 spiro atoms. The largest absolute Gasteiger partial charge is 0.309 e. The molecular formula is C77H51N5. The number of rotatable bonds is 9. The van der Waals surface area contributed by atoms with Crippen LogP contribution in [-0.2, 0) is 0 Å². The summed E-state index contributed by atoms with van der Waals surface area (Å²) in [5.74, 6) is 0.665. The predicted octanol–water partition coefficient (Wildman–Crippen LogP) is 20.1. The van der Waals surface area contributed by atoms with E-state index in [4.69, 9.17) is 9.97 Å². The van der Waals surface area contributed by atoms with Crippen LogP contribution >= 0.6 is 0 Å². The summed E-state index contributed by atoms with van der Waals surface area (Å²) in [7, 11) is 0. The van der Waals surface area contributed by atoms with E-state index in [9.17, 15) is 0 Å². The van der Waals surface area contributed by atoms with Gasteiger partial charge in [0.1, 0.15) is 0 Å². The molecule has 0 aliphatic heterocycles. The lowest BCUT2D eigenvalue weighted by Crippen LogP contribution is -2.04. The van der Waals surface area contributed by atoms with E-state index in [1.807, 2.05) is 6.07 Å². The molecule has 384 valence electrons. The van der Waals surface area contributed by atoms with Gasteiger partial charge < -0.3 is 13.7 Å². The van der Waals surface area contributed by atoms with Gasteiger partial charge in [-0.2, -0.15) is 0 Å². The van der Waals surface area contributed by atoms with Gasteiger partial charge in [0.2, 0.25) is 0 Å². The van der Waals surface area contributed by atoms with Gasteiger partial charge in [-0.25, -0.2) is 9.97 Å². The van der Waals surface area contributed by atoms with Gasteiger partial charge in [0.15, 0.2) is 5.82 Å². The fourth-order valence-electron chi connectivity index (χ4n) is 12.8. The summed E-state index contributed by atoms with van der Waals surface area (Å²) in [5, 5.41) is 7.25. The zero-order chi connectivity index (χ0) is 54.3. The van der Waals surface area contributed by atoms with E-state index < -0.39 is 0 Å². The quantitative estimate of drug-likeness (QED) is 0.145. The monoisotopic (exact) mass is 1050 g/mol. The fourth-order valence-corrected chi connectivity index (χ4v) is 12.8. The second-order valence-electron chi connectivity index (χ2n) is 21.4. The Morgan fingerprint density at radius 1 is 0.244 bits per heavy atom. The van der Waals surface area contributed by atoms with Crippen molar-refractivity contribution in [3.8, 4) is 84.3 Å². The van der Waals surface area contributed by atoms with Gasteiger partial charge in [0.05, 0.1) is 50.2 Å². The lowest BCUT2D eigenvalue weighted by atomic mass is 9.91. The number of aryl methyl sites for hydroxylation is 1.